The van der Waals surface area contributed by atoms with Gasteiger partial charge in [0.25, 0.3) is 0 Å². The van der Waals surface area contributed by atoms with E-state index in [0.717, 1.165) is 11.3 Å². The summed E-state index contributed by atoms with van der Waals surface area (Å²) in [5.74, 6) is 0.402. The molecular formula is C14H16ClN3O. The summed E-state index contributed by atoms with van der Waals surface area (Å²) >= 11 is 5.97. The monoisotopic (exact) mass is 277 g/mol. The van der Waals surface area contributed by atoms with E-state index >= 15 is 0 Å². The normalized spacial score (nSPS) is 11.4. The van der Waals surface area contributed by atoms with Crippen molar-refractivity contribution in [3.8, 4) is 0 Å². The molecule has 0 radical (unpaired) electrons. The van der Waals surface area contributed by atoms with Gasteiger partial charge in [0, 0.05) is 16.8 Å². The van der Waals surface area contributed by atoms with Gasteiger partial charge in [-0.15, -0.1) is 0 Å². The molecule has 2 aromatic rings. The number of carbonyl (C=O) groups is 1. The van der Waals surface area contributed by atoms with Crippen LogP contribution in [-0.2, 0) is 10.2 Å². The first-order valence-corrected chi connectivity index (χ1v) is 6.37. The van der Waals surface area contributed by atoms with Gasteiger partial charge in [-0.1, -0.05) is 23.7 Å². The van der Waals surface area contributed by atoms with Crippen LogP contribution in [0.15, 0.2) is 30.3 Å². The topological polar surface area (TPSA) is 57.8 Å². The van der Waals surface area contributed by atoms with Crippen LogP contribution >= 0.6 is 11.6 Å². The number of aromatic nitrogens is 2. The highest BCUT2D eigenvalue weighted by Crippen LogP contribution is 2.27. The van der Waals surface area contributed by atoms with Gasteiger partial charge in [0.1, 0.15) is 0 Å². The molecule has 4 nitrogen and oxygen atoms in total. The molecule has 0 aliphatic rings. The summed E-state index contributed by atoms with van der Waals surface area (Å²) in [5, 5.41) is 10.2. The molecule has 0 bridgehead atoms. The lowest BCUT2D eigenvalue weighted by atomic mass is 9.84. The van der Waals surface area contributed by atoms with E-state index in [2.05, 4.69) is 15.5 Å². The Morgan fingerprint density at radius 1 is 1.37 bits per heavy atom. The number of anilines is 1. The number of hydrogen-bond donors (Lipinski definition) is 2. The Kier molecular flexibility index (Phi) is 3.62. The molecule has 1 aromatic carbocycles. The second kappa shape index (κ2) is 5.05. The number of aryl methyl sites for hydroxylation is 1. The fourth-order valence-corrected chi connectivity index (χ4v) is 1.95. The number of nitrogens with zero attached hydrogens (tertiary/aromatic N) is 1. The zero-order valence-electron chi connectivity index (χ0n) is 11.1. The summed E-state index contributed by atoms with van der Waals surface area (Å²) in [6.45, 7) is 5.59. The van der Waals surface area contributed by atoms with Crippen molar-refractivity contribution in [1.29, 1.82) is 0 Å². The third-order valence-electron chi connectivity index (χ3n) is 3.06. The van der Waals surface area contributed by atoms with Crippen LogP contribution in [0.3, 0.4) is 0 Å². The van der Waals surface area contributed by atoms with Gasteiger partial charge in [-0.25, -0.2) is 0 Å². The SMILES string of the molecule is Cc1cc(NC(=O)C(C)(C)c2cccc(Cl)c2)n[nH]1. The summed E-state index contributed by atoms with van der Waals surface area (Å²) in [6.07, 6.45) is 0. The largest absolute Gasteiger partial charge is 0.308 e. The molecule has 100 valence electrons. The molecule has 0 atom stereocenters. The number of rotatable bonds is 3. The molecule has 0 saturated heterocycles. The summed E-state index contributed by atoms with van der Waals surface area (Å²) in [6, 6.07) is 9.10. The van der Waals surface area contributed by atoms with E-state index in [1.54, 1.807) is 18.2 Å². The predicted octanol–water partition coefficient (Wildman–Crippen LogP) is 3.29. The summed E-state index contributed by atoms with van der Waals surface area (Å²) in [7, 11) is 0. The van der Waals surface area contributed by atoms with E-state index in [4.69, 9.17) is 11.6 Å². The number of amides is 1. The average Bonchev–Trinajstić information content (AvgIpc) is 2.74. The molecule has 2 N–H and O–H groups in total. The number of aromatic amines is 1. The summed E-state index contributed by atoms with van der Waals surface area (Å²) in [4.78, 5) is 12.3. The molecule has 1 amide bonds. The Bertz CT molecular complexity index is 604. The van der Waals surface area contributed by atoms with Gasteiger partial charge in [-0.05, 0) is 38.5 Å². The molecule has 0 unspecified atom stereocenters. The highest BCUT2D eigenvalue weighted by atomic mass is 35.5. The van der Waals surface area contributed by atoms with Crippen LogP contribution < -0.4 is 5.32 Å². The van der Waals surface area contributed by atoms with Crippen LogP contribution in [-0.4, -0.2) is 16.1 Å². The van der Waals surface area contributed by atoms with Gasteiger partial charge < -0.3 is 5.32 Å². The number of hydrogen-bond acceptors (Lipinski definition) is 2. The Morgan fingerprint density at radius 2 is 2.11 bits per heavy atom. The average molecular weight is 278 g/mol. The Balaban J connectivity index is 2.21. The smallest absolute Gasteiger partial charge is 0.235 e. The number of halogens is 1. The lowest BCUT2D eigenvalue weighted by Gasteiger charge is -2.23. The quantitative estimate of drug-likeness (QED) is 0.904. The first-order chi connectivity index (χ1) is 8.89. The summed E-state index contributed by atoms with van der Waals surface area (Å²) < 4.78 is 0. The van der Waals surface area contributed by atoms with E-state index in [9.17, 15) is 4.79 Å². The van der Waals surface area contributed by atoms with Crippen molar-refractivity contribution < 1.29 is 4.79 Å². The van der Waals surface area contributed by atoms with Crippen molar-refractivity contribution >= 4 is 23.3 Å². The lowest BCUT2D eigenvalue weighted by molar-refractivity contribution is -0.120. The van der Waals surface area contributed by atoms with Gasteiger partial charge in [-0.2, -0.15) is 5.10 Å². The third-order valence-corrected chi connectivity index (χ3v) is 3.30. The van der Waals surface area contributed by atoms with Gasteiger partial charge >= 0.3 is 0 Å². The molecular weight excluding hydrogens is 262 g/mol. The minimum atomic E-state index is -0.683. The van der Waals surface area contributed by atoms with E-state index in [1.165, 1.54) is 0 Å². The van der Waals surface area contributed by atoms with Crippen molar-refractivity contribution in [2.24, 2.45) is 0 Å². The predicted molar refractivity (Wildman–Crippen MR) is 76.4 cm³/mol. The van der Waals surface area contributed by atoms with Crippen LogP contribution in [0.2, 0.25) is 5.02 Å². The highest BCUT2D eigenvalue weighted by Gasteiger charge is 2.30. The fraction of sp³-hybridized carbons (Fsp3) is 0.286. The minimum absolute atomic E-state index is 0.124. The van der Waals surface area contributed by atoms with Crippen LogP contribution in [0.25, 0.3) is 0 Å². The molecule has 1 aromatic heterocycles. The molecule has 0 aliphatic heterocycles. The Hall–Kier alpha value is -1.81. The number of benzene rings is 1. The van der Waals surface area contributed by atoms with Crippen LogP contribution in [0.4, 0.5) is 5.82 Å². The van der Waals surface area contributed by atoms with Crippen molar-refractivity contribution in [2.45, 2.75) is 26.2 Å². The van der Waals surface area contributed by atoms with E-state index in [0.29, 0.717) is 10.8 Å². The number of H-pyrrole nitrogens is 1. The van der Waals surface area contributed by atoms with Crippen molar-refractivity contribution in [3.05, 3.63) is 46.6 Å². The maximum absolute atomic E-state index is 12.3. The van der Waals surface area contributed by atoms with E-state index in [-0.39, 0.29) is 5.91 Å². The first kappa shape index (κ1) is 13.6. The Morgan fingerprint density at radius 3 is 2.68 bits per heavy atom. The number of nitrogens with one attached hydrogen (secondary N) is 2. The van der Waals surface area contributed by atoms with Gasteiger partial charge in [-0.3, -0.25) is 9.89 Å². The molecule has 0 spiro atoms. The second-order valence-corrected chi connectivity index (χ2v) is 5.46. The third kappa shape index (κ3) is 2.96. The molecule has 1 heterocycles. The van der Waals surface area contributed by atoms with Gasteiger partial charge in [0.2, 0.25) is 5.91 Å². The van der Waals surface area contributed by atoms with Crippen LogP contribution in [0, 0.1) is 6.92 Å². The maximum atomic E-state index is 12.3. The molecule has 5 heteroatoms. The minimum Gasteiger partial charge on any atom is -0.308 e. The summed E-state index contributed by atoms with van der Waals surface area (Å²) in [5.41, 5.74) is 1.08. The van der Waals surface area contributed by atoms with Crippen LogP contribution in [0.5, 0.6) is 0 Å². The molecule has 2 rings (SSSR count). The Labute approximate surface area is 117 Å². The molecule has 19 heavy (non-hydrogen) atoms. The van der Waals surface area contributed by atoms with Gasteiger partial charge in [0.15, 0.2) is 5.82 Å². The molecule has 0 saturated carbocycles. The lowest BCUT2D eigenvalue weighted by Crippen LogP contribution is -2.34. The zero-order valence-corrected chi connectivity index (χ0v) is 11.9. The zero-order chi connectivity index (χ0) is 14.0. The standard InChI is InChI=1S/C14H16ClN3O/c1-9-7-12(18-17-9)16-13(19)14(2,3)10-5-4-6-11(15)8-10/h4-8H,1-3H3,(H2,16,17,18,19). The van der Waals surface area contributed by atoms with Gasteiger partial charge in [0.05, 0.1) is 5.41 Å². The maximum Gasteiger partial charge on any atom is 0.235 e. The van der Waals surface area contributed by atoms with Crippen molar-refractivity contribution in [3.63, 3.8) is 0 Å². The molecule has 0 fully saturated rings. The van der Waals surface area contributed by atoms with E-state index in [1.807, 2.05) is 32.9 Å². The second-order valence-electron chi connectivity index (χ2n) is 5.03. The highest BCUT2D eigenvalue weighted by molar-refractivity contribution is 6.30. The van der Waals surface area contributed by atoms with Crippen molar-refractivity contribution in [2.75, 3.05) is 5.32 Å². The molecule has 0 aliphatic carbocycles. The van der Waals surface area contributed by atoms with Crippen molar-refractivity contribution in [1.82, 2.24) is 10.2 Å². The van der Waals surface area contributed by atoms with E-state index < -0.39 is 5.41 Å². The fourth-order valence-electron chi connectivity index (χ4n) is 1.76. The van der Waals surface area contributed by atoms with Crippen LogP contribution in [0.1, 0.15) is 25.1 Å². The number of carbonyl (C=O) groups excluding carboxylic acids is 1. The first-order valence-electron chi connectivity index (χ1n) is 5.99.